The van der Waals surface area contributed by atoms with E-state index < -0.39 is 0 Å². The number of aromatic amines is 1. The van der Waals surface area contributed by atoms with E-state index in [1.807, 2.05) is 11.0 Å². The number of carbonyl (C=O) groups excluding carboxylic acids is 1. The number of hydrogen-bond donors (Lipinski definition) is 2. The standard InChI is InChI=1S/C12H19N3O2/c16-8-7-15(11-3-1-2-4-11)12(17)9-10-5-6-13-14-10/h5-6,11,16H,1-4,7-9H2,(H,13,14). The molecule has 5 heteroatoms. The summed E-state index contributed by atoms with van der Waals surface area (Å²) in [5, 5.41) is 15.7. The third-order valence-electron chi connectivity index (χ3n) is 3.33. The van der Waals surface area contributed by atoms with E-state index in [-0.39, 0.29) is 12.5 Å². The van der Waals surface area contributed by atoms with Gasteiger partial charge in [-0.15, -0.1) is 0 Å². The molecule has 1 aliphatic rings. The van der Waals surface area contributed by atoms with Crippen LogP contribution in [0.2, 0.25) is 0 Å². The largest absolute Gasteiger partial charge is 0.395 e. The zero-order valence-electron chi connectivity index (χ0n) is 9.93. The van der Waals surface area contributed by atoms with Crippen molar-refractivity contribution in [2.75, 3.05) is 13.2 Å². The second-order valence-corrected chi connectivity index (χ2v) is 4.51. The highest BCUT2D eigenvalue weighted by Gasteiger charge is 2.26. The van der Waals surface area contributed by atoms with Gasteiger partial charge in [-0.3, -0.25) is 9.89 Å². The van der Waals surface area contributed by atoms with E-state index in [9.17, 15) is 4.79 Å². The van der Waals surface area contributed by atoms with Gasteiger partial charge in [-0.05, 0) is 18.9 Å². The summed E-state index contributed by atoms with van der Waals surface area (Å²) >= 11 is 0. The highest BCUT2D eigenvalue weighted by atomic mass is 16.3. The summed E-state index contributed by atoms with van der Waals surface area (Å²) in [5.41, 5.74) is 0.830. The second-order valence-electron chi connectivity index (χ2n) is 4.51. The first kappa shape index (κ1) is 12.1. The molecule has 1 aromatic rings. The molecule has 94 valence electrons. The lowest BCUT2D eigenvalue weighted by atomic mass is 10.2. The van der Waals surface area contributed by atoms with Crippen LogP contribution in [-0.4, -0.2) is 45.3 Å². The minimum atomic E-state index is 0.0330. The summed E-state index contributed by atoms with van der Waals surface area (Å²) in [6.07, 6.45) is 6.49. The summed E-state index contributed by atoms with van der Waals surface area (Å²) in [5.74, 6) is 0.0789. The lowest BCUT2D eigenvalue weighted by molar-refractivity contribution is -0.133. The average molecular weight is 237 g/mol. The number of carbonyl (C=O) groups is 1. The van der Waals surface area contributed by atoms with Crippen LogP contribution in [0.4, 0.5) is 0 Å². The quantitative estimate of drug-likeness (QED) is 0.792. The van der Waals surface area contributed by atoms with Gasteiger partial charge in [0.05, 0.1) is 13.0 Å². The van der Waals surface area contributed by atoms with E-state index in [4.69, 9.17) is 5.11 Å². The first-order valence-corrected chi connectivity index (χ1v) is 6.20. The molecular weight excluding hydrogens is 218 g/mol. The minimum Gasteiger partial charge on any atom is -0.395 e. The van der Waals surface area contributed by atoms with Gasteiger partial charge in [0, 0.05) is 24.5 Å². The van der Waals surface area contributed by atoms with Crippen LogP contribution < -0.4 is 0 Å². The number of hydrogen-bond acceptors (Lipinski definition) is 3. The van der Waals surface area contributed by atoms with Crippen molar-refractivity contribution in [2.45, 2.75) is 38.1 Å². The molecule has 2 rings (SSSR count). The van der Waals surface area contributed by atoms with Crippen molar-refractivity contribution >= 4 is 5.91 Å². The van der Waals surface area contributed by atoms with Crippen LogP contribution in [0.25, 0.3) is 0 Å². The van der Waals surface area contributed by atoms with E-state index in [1.165, 1.54) is 12.8 Å². The number of aromatic nitrogens is 2. The van der Waals surface area contributed by atoms with Crippen molar-refractivity contribution < 1.29 is 9.90 Å². The zero-order valence-corrected chi connectivity index (χ0v) is 9.93. The summed E-state index contributed by atoms with van der Waals surface area (Å²) in [6, 6.07) is 2.13. The SMILES string of the molecule is O=C(Cc1ccn[nH]1)N(CCO)C1CCCC1. The number of H-pyrrole nitrogens is 1. The Labute approximate surface area is 101 Å². The van der Waals surface area contributed by atoms with Gasteiger partial charge in [0.15, 0.2) is 0 Å². The zero-order chi connectivity index (χ0) is 12.1. The molecule has 0 saturated heterocycles. The maximum Gasteiger partial charge on any atom is 0.228 e. The predicted octanol–water partition coefficient (Wildman–Crippen LogP) is 0.716. The van der Waals surface area contributed by atoms with Crippen molar-refractivity contribution in [1.82, 2.24) is 15.1 Å². The van der Waals surface area contributed by atoms with Gasteiger partial charge >= 0.3 is 0 Å². The first-order valence-electron chi connectivity index (χ1n) is 6.20. The summed E-state index contributed by atoms with van der Waals surface area (Å²) in [6.45, 7) is 0.475. The molecule has 0 bridgehead atoms. The predicted molar refractivity (Wildman–Crippen MR) is 63.3 cm³/mol. The lowest BCUT2D eigenvalue weighted by Gasteiger charge is -2.28. The summed E-state index contributed by atoms with van der Waals surface area (Å²) in [4.78, 5) is 14.0. The molecule has 1 amide bonds. The number of aliphatic hydroxyl groups excluding tert-OH is 1. The molecule has 5 nitrogen and oxygen atoms in total. The van der Waals surface area contributed by atoms with Crippen molar-refractivity contribution in [1.29, 1.82) is 0 Å². The number of amides is 1. The Bertz CT molecular complexity index is 345. The van der Waals surface area contributed by atoms with Gasteiger partial charge in [0.25, 0.3) is 0 Å². The third kappa shape index (κ3) is 3.06. The Kier molecular flexibility index (Phi) is 4.14. The van der Waals surface area contributed by atoms with Crippen molar-refractivity contribution in [3.8, 4) is 0 Å². The molecule has 17 heavy (non-hydrogen) atoms. The Hall–Kier alpha value is -1.36. The molecule has 0 unspecified atom stereocenters. The second kappa shape index (κ2) is 5.82. The minimum absolute atomic E-state index is 0.0330. The molecule has 2 N–H and O–H groups in total. The summed E-state index contributed by atoms with van der Waals surface area (Å²) in [7, 11) is 0. The summed E-state index contributed by atoms with van der Waals surface area (Å²) < 4.78 is 0. The number of rotatable bonds is 5. The van der Waals surface area contributed by atoms with Crippen molar-refractivity contribution in [3.05, 3.63) is 18.0 Å². The van der Waals surface area contributed by atoms with Crippen LogP contribution in [0, 0.1) is 0 Å². The lowest BCUT2D eigenvalue weighted by Crippen LogP contribution is -2.41. The van der Waals surface area contributed by atoms with E-state index in [1.54, 1.807) is 6.20 Å². The van der Waals surface area contributed by atoms with Crippen LogP contribution in [0.5, 0.6) is 0 Å². The highest BCUT2D eigenvalue weighted by molar-refractivity contribution is 5.78. The van der Waals surface area contributed by atoms with Gasteiger partial charge in [-0.2, -0.15) is 5.10 Å². The Morgan fingerprint density at radius 3 is 2.88 bits per heavy atom. The fourth-order valence-electron chi connectivity index (χ4n) is 2.48. The normalized spacial score (nSPS) is 16.3. The van der Waals surface area contributed by atoms with E-state index in [0.29, 0.717) is 19.0 Å². The van der Waals surface area contributed by atoms with Gasteiger partial charge < -0.3 is 10.0 Å². The van der Waals surface area contributed by atoms with Gasteiger partial charge in [0.1, 0.15) is 0 Å². The fourth-order valence-corrected chi connectivity index (χ4v) is 2.48. The van der Waals surface area contributed by atoms with Gasteiger partial charge in [0.2, 0.25) is 5.91 Å². The Morgan fingerprint density at radius 1 is 1.53 bits per heavy atom. The average Bonchev–Trinajstić information content (AvgIpc) is 2.97. The molecule has 1 fully saturated rings. The van der Waals surface area contributed by atoms with E-state index >= 15 is 0 Å². The van der Waals surface area contributed by atoms with Gasteiger partial charge in [-0.1, -0.05) is 12.8 Å². The molecule has 0 atom stereocenters. The number of nitrogens with zero attached hydrogens (tertiary/aromatic N) is 2. The smallest absolute Gasteiger partial charge is 0.228 e. The van der Waals surface area contributed by atoms with Crippen molar-refractivity contribution in [3.63, 3.8) is 0 Å². The van der Waals surface area contributed by atoms with Crippen LogP contribution in [0.3, 0.4) is 0 Å². The van der Waals surface area contributed by atoms with E-state index in [2.05, 4.69) is 10.2 Å². The molecule has 1 aromatic heterocycles. The molecular formula is C12H19N3O2. The van der Waals surface area contributed by atoms with Gasteiger partial charge in [-0.25, -0.2) is 0 Å². The maximum absolute atomic E-state index is 12.2. The Balaban J connectivity index is 1.97. The van der Waals surface area contributed by atoms with Crippen LogP contribution in [0.1, 0.15) is 31.4 Å². The Morgan fingerprint density at radius 2 is 2.29 bits per heavy atom. The van der Waals surface area contributed by atoms with Crippen LogP contribution in [-0.2, 0) is 11.2 Å². The van der Waals surface area contributed by atoms with E-state index in [0.717, 1.165) is 18.5 Å². The molecule has 1 aliphatic carbocycles. The van der Waals surface area contributed by atoms with Crippen molar-refractivity contribution in [2.24, 2.45) is 0 Å². The molecule has 0 radical (unpaired) electrons. The highest BCUT2D eigenvalue weighted by Crippen LogP contribution is 2.23. The fraction of sp³-hybridized carbons (Fsp3) is 0.667. The van der Waals surface area contributed by atoms with Crippen LogP contribution >= 0.6 is 0 Å². The molecule has 1 saturated carbocycles. The molecule has 0 aromatic carbocycles. The maximum atomic E-state index is 12.2. The monoisotopic (exact) mass is 237 g/mol. The molecule has 1 heterocycles. The van der Waals surface area contributed by atoms with Crippen LogP contribution in [0.15, 0.2) is 12.3 Å². The molecule has 0 spiro atoms. The number of nitrogens with one attached hydrogen (secondary N) is 1. The third-order valence-corrected chi connectivity index (χ3v) is 3.33. The molecule has 0 aliphatic heterocycles. The topological polar surface area (TPSA) is 69.2 Å². The first-order chi connectivity index (χ1) is 8.31. The number of aliphatic hydroxyl groups is 1.